The quantitative estimate of drug-likeness (QED) is 0.353. The standard InChI is InChI=1S/C20H32N4O3.HI/c1-3-21-20(23-16-12-15-5-7-18(16)27-15)22-13-17(19-6-4-14(2)26-19)24-8-10-25-11-9-24;/h4,6,15-18H,3,5,7-13H2,1-2H3,(H2,21,22,23);1H. The molecule has 0 spiro atoms. The van der Waals surface area contributed by atoms with Crippen LogP contribution in [0.3, 0.4) is 0 Å². The Bertz CT molecular complexity index is 647. The predicted octanol–water partition coefficient (Wildman–Crippen LogP) is 2.45. The van der Waals surface area contributed by atoms with Gasteiger partial charge in [0.25, 0.3) is 0 Å². The zero-order valence-electron chi connectivity index (χ0n) is 16.9. The van der Waals surface area contributed by atoms with Crippen LogP contribution in [0, 0.1) is 6.92 Å². The maximum atomic E-state index is 5.97. The third kappa shape index (κ3) is 5.20. The summed E-state index contributed by atoms with van der Waals surface area (Å²) >= 11 is 0. The number of aryl methyl sites for hydroxylation is 1. The molecule has 3 saturated heterocycles. The van der Waals surface area contributed by atoms with Gasteiger partial charge in [0, 0.05) is 19.6 Å². The smallest absolute Gasteiger partial charge is 0.191 e. The molecule has 4 rings (SSSR count). The minimum absolute atomic E-state index is 0. The SMILES string of the molecule is CCNC(=NCC(c1ccc(C)o1)N1CCOCC1)NC1CC2CCC1O2.I. The molecule has 8 heteroatoms. The second-order valence-corrected chi connectivity index (χ2v) is 7.69. The number of guanidine groups is 1. The molecule has 1 aromatic heterocycles. The van der Waals surface area contributed by atoms with E-state index in [0.29, 0.717) is 24.8 Å². The van der Waals surface area contributed by atoms with Gasteiger partial charge in [0.15, 0.2) is 5.96 Å². The Morgan fingerprint density at radius 3 is 2.71 bits per heavy atom. The first kappa shape index (κ1) is 21.9. The summed E-state index contributed by atoms with van der Waals surface area (Å²) in [6.45, 7) is 8.93. The Labute approximate surface area is 184 Å². The first-order valence-electron chi connectivity index (χ1n) is 10.3. The van der Waals surface area contributed by atoms with Gasteiger partial charge in [0.1, 0.15) is 11.5 Å². The zero-order valence-corrected chi connectivity index (χ0v) is 19.2. The van der Waals surface area contributed by atoms with Gasteiger partial charge in [-0.05, 0) is 45.2 Å². The second-order valence-electron chi connectivity index (χ2n) is 7.69. The van der Waals surface area contributed by atoms with Crippen molar-refractivity contribution in [1.29, 1.82) is 0 Å². The zero-order chi connectivity index (χ0) is 18.6. The molecule has 2 bridgehead atoms. The van der Waals surface area contributed by atoms with Crippen molar-refractivity contribution >= 4 is 29.9 Å². The number of halogens is 1. The number of furan rings is 1. The first-order chi connectivity index (χ1) is 13.2. The van der Waals surface area contributed by atoms with Crippen molar-refractivity contribution < 1.29 is 13.9 Å². The van der Waals surface area contributed by atoms with Crippen LogP contribution in [0.4, 0.5) is 0 Å². The molecule has 3 aliphatic rings. The van der Waals surface area contributed by atoms with Crippen LogP contribution in [0.2, 0.25) is 0 Å². The fourth-order valence-electron chi connectivity index (χ4n) is 4.37. The lowest BCUT2D eigenvalue weighted by molar-refractivity contribution is 0.0135. The molecule has 3 fully saturated rings. The molecule has 1 aromatic rings. The van der Waals surface area contributed by atoms with E-state index in [1.54, 1.807) is 0 Å². The highest BCUT2D eigenvalue weighted by atomic mass is 127. The van der Waals surface area contributed by atoms with E-state index in [2.05, 4.69) is 28.5 Å². The lowest BCUT2D eigenvalue weighted by Crippen LogP contribution is -2.48. The van der Waals surface area contributed by atoms with Gasteiger partial charge in [-0.1, -0.05) is 0 Å². The molecule has 2 N–H and O–H groups in total. The van der Waals surface area contributed by atoms with Crippen molar-refractivity contribution in [2.75, 3.05) is 39.4 Å². The van der Waals surface area contributed by atoms with Gasteiger partial charge in [-0.2, -0.15) is 0 Å². The largest absolute Gasteiger partial charge is 0.465 e. The number of rotatable bonds is 6. The number of fused-ring (bicyclic) bond motifs is 2. The van der Waals surface area contributed by atoms with Crippen LogP contribution in [0.25, 0.3) is 0 Å². The highest BCUT2D eigenvalue weighted by Crippen LogP contribution is 2.34. The van der Waals surface area contributed by atoms with E-state index in [-0.39, 0.29) is 30.0 Å². The minimum Gasteiger partial charge on any atom is -0.465 e. The van der Waals surface area contributed by atoms with Gasteiger partial charge in [0.2, 0.25) is 0 Å². The van der Waals surface area contributed by atoms with Crippen LogP contribution in [0.1, 0.15) is 43.7 Å². The molecule has 0 aliphatic carbocycles. The lowest BCUT2D eigenvalue weighted by atomic mass is 9.96. The van der Waals surface area contributed by atoms with Crippen LogP contribution in [0.5, 0.6) is 0 Å². The molecule has 158 valence electrons. The molecule has 0 aromatic carbocycles. The van der Waals surface area contributed by atoms with Gasteiger partial charge >= 0.3 is 0 Å². The highest BCUT2D eigenvalue weighted by molar-refractivity contribution is 14.0. The fourth-order valence-corrected chi connectivity index (χ4v) is 4.37. The molecule has 4 unspecified atom stereocenters. The Morgan fingerprint density at radius 1 is 1.29 bits per heavy atom. The maximum Gasteiger partial charge on any atom is 0.191 e. The Morgan fingerprint density at radius 2 is 2.11 bits per heavy atom. The molecule has 0 saturated carbocycles. The van der Waals surface area contributed by atoms with Crippen molar-refractivity contribution in [2.24, 2.45) is 4.99 Å². The number of aliphatic imine (C=N–C) groups is 1. The summed E-state index contributed by atoms with van der Waals surface area (Å²) in [5, 5.41) is 7.00. The van der Waals surface area contributed by atoms with Crippen LogP contribution in [-0.4, -0.2) is 68.5 Å². The highest BCUT2D eigenvalue weighted by Gasteiger charge is 2.41. The first-order valence-corrected chi connectivity index (χ1v) is 10.3. The van der Waals surface area contributed by atoms with Crippen LogP contribution in [-0.2, 0) is 9.47 Å². The van der Waals surface area contributed by atoms with E-state index in [9.17, 15) is 0 Å². The van der Waals surface area contributed by atoms with Crippen molar-refractivity contribution in [1.82, 2.24) is 15.5 Å². The van der Waals surface area contributed by atoms with Crippen LogP contribution < -0.4 is 10.6 Å². The Kier molecular flexibility index (Phi) is 8.02. The van der Waals surface area contributed by atoms with Gasteiger partial charge < -0.3 is 24.5 Å². The van der Waals surface area contributed by atoms with Crippen molar-refractivity contribution in [3.8, 4) is 0 Å². The average Bonchev–Trinajstić information content (AvgIpc) is 3.40. The fraction of sp³-hybridized carbons (Fsp3) is 0.750. The number of ether oxygens (including phenoxy) is 2. The van der Waals surface area contributed by atoms with Crippen molar-refractivity contribution in [3.05, 3.63) is 23.7 Å². The number of hydrogen-bond acceptors (Lipinski definition) is 5. The summed E-state index contributed by atoms with van der Waals surface area (Å²) in [6, 6.07) is 4.61. The van der Waals surface area contributed by atoms with Crippen LogP contribution in [0.15, 0.2) is 21.5 Å². The molecule has 4 heterocycles. The van der Waals surface area contributed by atoms with Gasteiger partial charge in [-0.25, -0.2) is 0 Å². The van der Waals surface area contributed by atoms with Gasteiger partial charge in [0.05, 0.1) is 44.1 Å². The molecular formula is C20H33IN4O3. The van der Waals surface area contributed by atoms with E-state index in [0.717, 1.165) is 63.2 Å². The lowest BCUT2D eigenvalue weighted by Gasteiger charge is -2.32. The molecule has 0 amide bonds. The second kappa shape index (κ2) is 10.3. The van der Waals surface area contributed by atoms with E-state index in [1.165, 1.54) is 6.42 Å². The third-order valence-corrected chi connectivity index (χ3v) is 5.77. The monoisotopic (exact) mass is 504 g/mol. The normalized spacial score (nSPS) is 28.8. The van der Waals surface area contributed by atoms with Gasteiger partial charge in [-0.3, -0.25) is 9.89 Å². The Balaban J connectivity index is 0.00000225. The molecule has 4 atom stereocenters. The summed E-state index contributed by atoms with van der Waals surface area (Å²) in [5.41, 5.74) is 0. The maximum absolute atomic E-state index is 5.97. The van der Waals surface area contributed by atoms with E-state index in [1.807, 2.05) is 13.0 Å². The predicted molar refractivity (Wildman–Crippen MR) is 119 cm³/mol. The minimum atomic E-state index is 0. The summed E-state index contributed by atoms with van der Waals surface area (Å²) in [7, 11) is 0. The summed E-state index contributed by atoms with van der Waals surface area (Å²) in [6.07, 6.45) is 4.21. The Hall–Kier alpha value is -0.840. The topological polar surface area (TPSA) is 71.3 Å². The number of morpholine rings is 1. The third-order valence-electron chi connectivity index (χ3n) is 5.77. The van der Waals surface area contributed by atoms with E-state index in [4.69, 9.17) is 18.9 Å². The van der Waals surface area contributed by atoms with Gasteiger partial charge in [-0.15, -0.1) is 24.0 Å². The van der Waals surface area contributed by atoms with Crippen molar-refractivity contribution in [3.63, 3.8) is 0 Å². The molecule has 0 radical (unpaired) electrons. The summed E-state index contributed by atoms with van der Waals surface area (Å²) < 4.78 is 17.5. The van der Waals surface area contributed by atoms with E-state index < -0.39 is 0 Å². The summed E-state index contributed by atoms with van der Waals surface area (Å²) in [5.74, 6) is 2.80. The van der Waals surface area contributed by atoms with Crippen molar-refractivity contribution in [2.45, 2.75) is 57.4 Å². The molecule has 28 heavy (non-hydrogen) atoms. The summed E-state index contributed by atoms with van der Waals surface area (Å²) in [4.78, 5) is 7.33. The molecule has 7 nitrogen and oxygen atoms in total. The van der Waals surface area contributed by atoms with Crippen LogP contribution >= 0.6 is 24.0 Å². The number of hydrogen-bond donors (Lipinski definition) is 2. The average molecular weight is 504 g/mol. The van der Waals surface area contributed by atoms with E-state index >= 15 is 0 Å². The molecular weight excluding hydrogens is 471 g/mol. The number of nitrogens with one attached hydrogen (secondary N) is 2. The number of nitrogens with zero attached hydrogens (tertiary/aromatic N) is 2. The molecule has 3 aliphatic heterocycles.